The molecule has 570 valence electrons. The first-order valence-electron chi connectivity index (χ1n) is 42.1. The number of fused-ring (bicyclic) bond motifs is 9. The summed E-state index contributed by atoms with van der Waals surface area (Å²) in [4.78, 5) is 5.33. The standard InChI is InChI=1S/C110H112BN3/c1-103(2,3)81-55-79(56-82(65-81)104(4,5)6)77-37-47-94-98(63-77)112(85-41-31-71(32-42-85)75-35-45-90-92(61-75)109(17,18)53-51-107(90,13)14)100-67-87(114-96-49-39-73(69-27-23-21-24-28-69)59-88(96)89-60-74(40-50-97(89)114)70-29-25-22-26-30-70)68-101-102(100)111(94)95-48-38-78(80-57-83(105(7,8)9)66-84(58-80)106(10,11)12)64-99(95)113(101)86-43-33-72(34-44-86)76-36-46-91-93(62-76)110(19,20)54-52-108(91,15)16/h21-50,55-68H,51-54H2,1-20H3. The Kier molecular flexibility index (Phi) is 17.3. The summed E-state index contributed by atoms with van der Waals surface area (Å²) in [6, 6.07) is 105. The molecule has 0 atom stereocenters. The van der Waals surface area contributed by atoms with Crippen molar-refractivity contribution in [2.24, 2.45) is 0 Å². The van der Waals surface area contributed by atoms with Gasteiger partial charge in [-0.25, -0.2) is 0 Å². The molecule has 14 aromatic rings. The van der Waals surface area contributed by atoms with E-state index >= 15 is 0 Å². The van der Waals surface area contributed by atoms with Gasteiger partial charge in [0.1, 0.15) is 0 Å². The molecule has 0 fully saturated rings. The van der Waals surface area contributed by atoms with Gasteiger partial charge in [0, 0.05) is 44.9 Å². The minimum Gasteiger partial charge on any atom is -0.311 e. The second-order valence-electron chi connectivity index (χ2n) is 40.8. The summed E-state index contributed by atoms with van der Waals surface area (Å²) >= 11 is 0. The van der Waals surface area contributed by atoms with E-state index in [0.29, 0.717) is 0 Å². The summed E-state index contributed by atoms with van der Waals surface area (Å²) in [7, 11) is 0. The molecule has 0 spiro atoms. The topological polar surface area (TPSA) is 11.4 Å². The fourth-order valence-electron chi connectivity index (χ4n) is 19.4. The third-order valence-corrected chi connectivity index (χ3v) is 26.9. The van der Waals surface area contributed by atoms with Gasteiger partial charge in [0.2, 0.25) is 0 Å². The van der Waals surface area contributed by atoms with Crippen LogP contribution in [0.2, 0.25) is 0 Å². The first kappa shape index (κ1) is 74.7. The lowest BCUT2D eigenvalue weighted by atomic mass is 9.33. The third kappa shape index (κ3) is 12.9. The molecule has 4 heteroatoms. The van der Waals surface area contributed by atoms with Crippen molar-refractivity contribution >= 4 is 79.0 Å². The Hall–Kier alpha value is -10.7. The van der Waals surface area contributed by atoms with Crippen LogP contribution in [-0.2, 0) is 43.3 Å². The molecule has 114 heavy (non-hydrogen) atoms. The Balaban J connectivity index is 0.944. The maximum absolute atomic E-state index is 2.67. The van der Waals surface area contributed by atoms with Crippen LogP contribution < -0.4 is 26.2 Å². The zero-order chi connectivity index (χ0) is 79.9. The molecule has 0 unspecified atom stereocenters. The van der Waals surface area contributed by atoms with Crippen LogP contribution in [0.3, 0.4) is 0 Å². The highest BCUT2D eigenvalue weighted by Crippen LogP contribution is 2.53. The lowest BCUT2D eigenvalue weighted by molar-refractivity contribution is 0.332. The van der Waals surface area contributed by atoms with Crippen LogP contribution in [0, 0.1) is 0 Å². The van der Waals surface area contributed by atoms with Crippen molar-refractivity contribution in [3.63, 3.8) is 0 Å². The van der Waals surface area contributed by atoms with Crippen molar-refractivity contribution in [2.45, 2.75) is 207 Å². The molecular weight excluding hydrogens is 1370 g/mol. The molecule has 2 aliphatic carbocycles. The summed E-state index contributed by atoms with van der Waals surface area (Å²) in [6.07, 6.45) is 4.69. The molecule has 0 radical (unpaired) electrons. The Bertz CT molecular complexity index is 5750. The summed E-state index contributed by atoms with van der Waals surface area (Å²) in [5.74, 6) is 0. The SMILES string of the molecule is CC(C)(C)c1cc(-c2ccc3c(c2)N(c2ccc(-c4ccc5c(c4)C(C)(C)CCC5(C)C)cc2)c2cc(-n4c5ccc(-c6ccccc6)cc5c5cc(-c6ccccc6)ccc54)cc4c2B3c2ccc(-c3cc(C(C)(C)C)cc(C(C)(C)C)c3)cc2N4c2ccc(-c3ccc4c(c3)C(C)(C)CCC4(C)C)cc2)cc(C(C)(C)C)c1. The van der Waals surface area contributed by atoms with Crippen molar-refractivity contribution in [2.75, 3.05) is 9.80 Å². The van der Waals surface area contributed by atoms with E-state index in [-0.39, 0.29) is 50.0 Å². The first-order chi connectivity index (χ1) is 54.0. The molecule has 0 saturated carbocycles. The number of hydrogen-bond acceptors (Lipinski definition) is 2. The third-order valence-electron chi connectivity index (χ3n) is 26.9. The van der Waals surface area contributed by atoms with Gasteiger partial charge in [0.15, 0.2) is 0 Å². The maximum Gasteiger partial charge on any atom is 0.252 e. The number of aromatic nitrogens is 1. The molecule has 3 heterocycles. The molecule has 0 N–H and O–H groups in total. The lowest BCUT2D eigenvalue weighted by Gasteiger charge is -2.45. The predicted octanol–water partition coefficient (Wildman–Crippen LogP) is 28.8. The number of rotatable bonds is 9. The van der Waals surface area contributed by atoms with Crippen molar-refractivity contribution in [3.05, 3.63) is 311 Å². The molecule has 18 rings (SSSR count). The molecule has 1 aromatic heterocycles. The van der Waals surface area contributed by atoms with Crippen LogP contribution in [0.25, 0.3) is 94.3 Å². The lowest BCUT2D eigenvalue weighted by Crippen LogP contribution is -2.61. The summed E-state index contributed by atoms with van der Waals surface area (Å²) in [5, 5.41) is 2.42. The van der Waals surface area contributed by atoms with Gasteiger partial charge in [0.05, 0.1) is 16.7 Å². The van der Waals surface area contributed by atoms with Crippen LogP contribution >= 0.6 is 0 Å². The summed E-state index contributed by atoms with van der Waals surface area (Å²) in [6.45, 7) is 47.7. The Morgan fingerprint density at radius 1 is 0.246 bits per heavy atom. The predicted molar refractivity (Wildman–Crippen MR) is 493 cm³/mol. The average Bonchev–Trinajstić information content (AvgIpc) is 0.880. The molecule has 3 nitrogen and oxygen atoms in total. The van der Waals surface area contributed by atoms with Crippen molar-refractivity contribution < 1.29 is 0 Å². The second kappa shape index (κ2) is 26.4. The van der Waals surface area contributed by atoms with Crippen LogP contribution in [0.4, 0.5) is 34.1 Å². The van der Waals surface area contributed by atoms with Gasteiger partial charge in [-0.15, -0.1) is 0 Å². The second-order valence-corrected chi connectivity index (χ2v) is 40.8. The number of hydrogen-bond donors (Lipinski definition) is 0. The van der Waals surface area contributed by atoms with Gasteiger partial charge in [-0.1, -0.05) is 333 Å². The molecule has 0 bridgehead atoms. The van der Waals surface area contributed by atoms with Crippen LogP contribution in [0.15, 0.2) is 267 Å². The highest BCUT2D eigenvalue weighted by atomic mass is 15.2. The van der Waals surface area contributed by atoms with Gasteiger partial charge < -0.3 is 14.4 Å². The highest BCUT2D eigenvalue weighted by Gasteiger charge is 2.46. The minimum absolute atomic E-state index is 0.0706. The average molecular weight is 1490 g/mol. The molecule has 2 aliphatic heterocycles. The van der Waals surface area contributed by atoms with Crippen molar-refractivity contribution in [3.8, 4) is 72.4 Å². The zero-order valence-electron chi connectivity index (χ0n) is 71.2. The Morgan fingerprint density at radius 2 is 0.544 bits per heavy atom. The largest absolute Gasteiger partial charge is 0.311 e. The van der Waals surface area contributed by atoms with Crippen LogP contribution in [0.5, 0.6) is 0 Å². The minimum atomic E-state index is -0.175. The summed E-state index contributed by atoms with van der Waals surface area (Å²) < 4.78 is 2.59. The normalized spacial score (nSPS) is 16.0. The quantitative estimate of drug-likeness (QED) is 0.133. The van der Waals surface area contributed by atoms with Gasteiger partial charge in [0.25, 0.3) is 6.71 Å². The number of anilines is 6. The Morgan fingerprint density at radius 3 is 0.895 bits per heavy atom. The van der Waals surface area contributed by atoms with Gasteiger partial charge in [-0.05, 0) is 269 Å². The molecule has 4 aliphatic rings. The number of nitrogens with zero attached hydrogens (tertiary/aromatic N) is 3. The molecule has 0 amide bonds. The maximum atomic E-state index is 2.67. The smallest absolute Gasteiger partial charge is 0.252 e. The van der Waals surface area contributed by atoms with E-state index in [0.717, 1.165) is 52.3 Å². The molecule has 13 aromatic carbocycles. The van der Waals surface area contributed by atoms with E-state index < -0.39 is 0 Å². The van der Waals surface area contributed by atoms with Gasteiger partial charge in [-0.3, -0.25) is 0 Å². The fraction of sp³-hybridized carbons (Fsp3) is 0.291. The van der Waals surface area contributed by atoms with E-state index in [1.807, 2.05) is 0 Å². The summed E-state index contributed by atoms with van der Waals surface area (Å²) in [5.41, 5.74) is 40.0. The van der Waals surface area contributed by atoms with Crippen LogP contribution in [-0.4, -0.2) is 11.3 Å². The van der Waals surface area contributed by atoms with Gasteiger partial charge >= 0.3 is 0 Å². The van der Waals surface area contributed by atoms with E-state index in [2.05, 4.69) is 420 Å². The van der Waals surface area contributed by atoms with Gasteiger partial charge in [-0.2, -0.15) is 0 Å². The van der Waals surface area contributed by atoms with E-state index in [1.165, 1.54) is 163 Å². The van der Waals surface area contributed by atoms with E-state index in [1.54, 1.807) is 0 Å². The van der Waals surface area contributed by atoms with Crippen LogP contribution in [0.1, 0.15) is 209 Å². The van der Waals surface area contributed by atoms with Crippen molar-refractivity contribution in [1.82, 2.24) is 4.57 Å². The van der Waals surface area contributed by atoms with Crippen molar-refractivity contribution in [1.29, 1.82) is 0 Å². The molecular formula is C110H112BN3. The highest BCUT2D eigenvalue weighted by molar-refractivity contribution is 7.00. The zero-order valence-corrected chi connectivity index (χ0v) is 71.2. The first-order valence-corrected chi connectivity index (χ1v) is 42.1. The van der Waals surface area contributed by atoms with E-state index in [4.69, 9.17) is 0 Å². The fourth-order valence-corrected chi connectivity index (χ4v) is 19.4. The Labute approximate surface area is 680 Å². The molecule has 0 saturated heterocycles. The number of benzene rings is 13. The monoisotopic (exact) mass is 1490 g/mol. The van der Waals surface area contributed by atoms with E-state index in [9.17, 15) is 0 Å².